The van der Waals surface area contributed by atoms with Crippen LogP contribution < -0.4 is 20.3 Å². The normalized spacial score (nSPS) is 10.0. The number of ether oxygens (including phenoxy) is 2. The Balaban J connectivity index is 1.73. The van der Waals surface area contributed by atoms with E-state index in [0.29, 0.717) is 17.9 Å². The first-order valence-corrected chi connectivity index (χ1v) is 8.58. The van der Waals surface area contributed by atoms with Gasteiger partial charge in [-0.15, -0.1) is 0 Å². The average Bonchev–Trinajstić information content (AvgIpc) is 2.64. The van der Waals surface area contributed by atoms with E-state index in [-0.39, 0.29) is 6.61 Å². The Hall–Kier alpha value is -2.54. The highest BCUT2D eigenvalue weighted by molar-refractivity contribution is 9.10. The van der Waals surface area contributed by atoms with Crippen LogP contribution in [0.1, 0.15) is 23.7 Å². The molecule has 0 atom stereocenters. The van der Waals surface area contributed by atoms with Gasteiger partial charge in [0.1, 0.15) is 11.5 Å². The zero-order valence-corrected chi connectivity index (χ0v) is 15.3. The molecule has 0 fully saturated rings. The third kappa shape index (κ3) is 6.46. The van der Waals surface area contributed by atoms with E-state index in [1.165, 1.54) is 0 Å². The molecule has 0 unspecified atom stereocenters. The van der Waals surface area contributed by atoms with E-state index in [9.17, 15) is 9.59 Å². The van der Waals surface area contributed by atoms with Crippen molar-refractivity contribution in [2.45, 2.75) is 13.3 Å². The van der Waals surface area contributed by atoms with Crippen molar-refractivity contribution in [2.75, 3.05) is 13.2 Å². The SMILES string of the molecule is CCCOc1ccc(OCC(=O)NNC(=O)c2ccc(Br)cc2)cc1. The molecule has 6 nitrogen and oxygen atoms in total. The number of carbonyl (C=O) groups is 2. The van der Waals surface area contributed by atoms with Gasteiger partial charge in [-0.2, -0.15) is 0 Å². The van der Waals surface area contributed by atoms with Crippen LogP contribution in [-0.4, -0.2) is 25.0 Å². The number of amides is 2. The number of hydrogen-bond donors (Lipinski definition) is 2. The molecule has 7 heteroatoms. The summed E-state index contributed by atoms with van der Waals surface area (Å²) in [7, 11) is 0. The van der Waals surface area contributed by atoms with Crippen LogP contribution in [-0.2, 0) is 4.79 Å². The molecule has 2 rings (SSSR count). The van der Waals surface area contributed by atoms with Crippen molar-refractivity contribution in [3.8, 4) is 11.5 Å². The lowest BCUT2D eigenvalue weighted by Crippen LogP contribution is -2.43. The minimum atomic E-state index is -0.461. The number of benzene rings is 2. The fourth-order valence-corrected chi connectivity index (χ4v) is 2.10. The van der Waals surface area contributed by atoms with Crippen LogP contribution in [0.3, 0.4) is 0 Å². The monoisotopic (exact) mass is 406 g/mol. The van der Waals surface area contributed by atoms with Gasteiger partial charge >= 0.3 is 0 Å². The van der Waals surface area contributed by atoms with Crippen LogP contribution in [0.2, 0.25) is 0 Å². The summed E-state index contributed by atoms with van der Waals surface area (Å²) in [6, 6.07) is 13.8. The first-order valence-electron chi connectivity index (χ1n) is 7.79. The van der Waals surface area contributed by atoms with E-state index in [1.807, 2.05) is 6.92 Å². The van der Waals surface area contributed by atoms with Gasteiger partial charge < -0.3 is 9.47 Å². The van der Waals surface area contributed by atoms with Crippen molar-refractivity contribution < 1.29 is 19.1 Å². The van der Waals surface area contributed by atoms with Crippen molar-refractivity contribution in [1.29, 1.82) is 0 Å². The summed E-state index contributed by atoms with van der Waals surface area (Å²) in [5.41, 5.74) is 5.08. The number of hydrazine groups is 1. The number of hydrogen-bond acceptors (Lipinski definition) is 4. The maximum atomic E-state index is 11.9. The van der Waals surface area contributed by atoms with Gasteiger partial charge in [0.05, 0.1) is 6.61 Å². The molecule has 2 N–H and O–H groups in total. The van der Waals surface area contributed by atoms with Crippen molar-refractivity contribution in [1.82, 2.24) is 10.9 Å². The Bertz CT molecular complexity index is 702. The Morgan fingerprint density at radius 2 is 1.52 bits per heavy atom. The molecule has 0 aliphatic heterocycles. The fraction of sp³-hybridized carbons (Fsp3) is 0.222. The van der Waals surface area contributed by atoms with Crippen molar-refractivity contribution in [2.24, 2.45) is 0 Å². The molecule has 0 heterocycles. The predicted octanol–water partition coefficient (Wildman–Crippen LogP) is 3.08. The zero-order chi connectivity index (χ0) is 18.1. The minimum Gasteiger partial charge on any atom is -0.494 e. The number of nitrogens with one attached hydrogen (secondary N) is 2. The maximum Gasteiger partial charge on any atom is 0.276 e. The van der Waals surface area contributed by atoms with E-state index in [1.54, 1.807) is 48.5 Å². The molecular formula is C18H19BrN2O4. The van der Waals surface area contributed by atoms with E-state index in [0.717, 1.165) is 16.6 Å². The summed E-state index contributed by atoms with van der Waals surface area (Å²) in [6.07, 6.45) is 0.935. The van der Waals surface area contributed by atoms with Crippen LogP contribution in [0.4, 0.5) is 0 Å². The van der Waals surface area contributed by atoms with Gasteiger partial charge in [-0.25, -0.2) is 0 Å². The van der Waals surface area contributed by atoms with Gasteiger partial charge in [0.25, 0.3) is 11.8 Å². The molecule has 0 saturated carbocycles. The summed E-state index contributed by atoms with van der Waals surface area (Å²) in [6.45, 7) is 2.47. The quantitative estimate of drug-likeness (QED) is 0.692. The zero-order valence-electron chi connectivity index (χ0n) is 13.8. The third-order valence-corrected chi connectivity index (χ3v) is 3.62. The first-order chi connectivity index (χ1) is 12.1. The maximum absolute atomic E-state index is 11.9. The minimum absolute atomic E-state index is 0.213. The van der Waals surface area contributed by atoms with Crippen molar-refractivity contribution in [3.63, 3.8) is 0 Å². The molecule has 0 spiro atoms. The molecule has 0 aliphatic rings. The van der Waals surface area contributed by atoms with Crippen LogP contribution in [0, 0.1) is 0 Å². The largest absolute Gasteiger partial charge is 0.494 e. The molecule has 132 valence electrons. The Labute approximate surface area is 154 Å². The van der Waals surface area contributed by atoms with Gasteiger partial charge in [-0.3, -0.25) is 20.4 Å². The van der Waals surface area contributed by atoms with E-state index < -0.39 is 11.8 Å². The molecule has 2 aromatic carbocycles. The van der Waals surface area contributed by atoms with Crippen molar-refractivity contribution in [3.05, 3.63) is 58.6 Å². The summed E-state index contributed by atoms with van der Waals surface area (Å²) < 4.78 is 11.7. The van der Waals surface area contributed by atoms with Crippen LogP contribution >= 0.6 is 15.9 Å². The summed E-state index contributed by atoms with van der Waals surface area (Å²) in [5, 5.41) is 0. The second kappa shape index (κ2) is 9.68. The molecule has 0 saturated heterocycles. The number of carbonyl (C=O) groups excluding carboxylic acids is 2. The van der Waals surface area contributed by atoms with Crippen LogP contribution in [0.15, 0.2) is 53.0 Å². The second-order valence-corrected chi connectivity index (χ2v) is 6.03. The standard InChI is InChI=1S/C18H19BrN2O4/c1-2-11-24-15-7-9-16(10-8-15)25-12-17(22)20-21-18(23)13-3-5-14(19)6-4-13/h3-10H,2,11-12H2,1H3,(H,20,22)(H,21,23). The third-order valence-electron chi connectivity index (χ3n) is 3.09. The van der Waals surface area contributed by atoms with Gasteiger partial charge in [-0.05, 0) is 55.0 Å². The van der Waals surface area contributed by atoms with Gasteiger partial charge in [0, 0.05) is 10.0 Å². The number of halogens is 1. The summed E-state index contributed by atoms with van der Waals surface area (Å²) in [4.78, 5) is 23.6. The lowest BCUT2D eigenvalue weighted by molar-refractivity contribution is -0.123. The van der Waals surface area contributed by atoms with E-state index >= 15 is 0 Å². The van der Waals surface area contributed by atoms with Crippen LogP contribution in [0.25, 0.3) is 0 Å². The van der Waals surface area contributed by atoms with Gasteiger partial charge in [-0.1, -0.05) is 22.9 Å². The van der Waals surface area contributed by atoms with Gasteiger partial charge in [0.2, 0.25) is 0 Å². The molecule has 2 aromatic rings. The smallest absolute Gasteiger partial charge is 0.276 e. The summed E-state index contributed by atoms with van der Waals surface area (Å²) >= 11 is 3.29. The van der Waals surface area contributed by atoms with E-state index in [2.05, 4.69) is 26.8 Å². The lowest BCUT2D eigenvalue weighted by Gasteiger charge is -2.10. The molecular weight excluding hydrogens is 388 g/mol. The fourth-order valence-electron chi connectivity index (χ4n) is 1.84. The highest BCUT2D eigenvalue weighted by Gasteiger charge is 2.08. The molecule has 25 heavy (non-hydrogen) atoms. The molecule has 0 aromatic heterocycles. The van der Waals surface area contributed by atoms with Crippen molar-refractivity contribution >= 4 is 27.7 Å². The van der Waals surface area contributed by atoms with E-state index in [4.69, 9.17) is 9.47 Å². The highest BCUT2D eigenvalue weighted by atomic mass is 79.9. The average molecular weight is 407 g/mol. The summed E-state index contributed by atoms with van der Waals surface area (Å²) in [5.74, 6) is 0.425. The topological polar surface area (TPSA) is 76.7 Å². The van der Waals surface area contributed by atoms with Gasteiger partial charge in [0.15, 0.2) is 6.61 Å². The Morgan fingerprint density at radius 3 is 2.12 bits per heavy atom. The number of rotatable bonds is 7. The Kier molecular flexibility index (Phi) is 7.28. The second-order valence-electron chi connectivity index (χ2n) is 5.12. The molecule has 0 aliphatic carbocycles. The molecule has 2 amide bonds. The molecule has 0 bridgehead atoms. The highest BCUT2D eigenvalue weighted by Crippen LogP contribution is 2.17. The first kappa shape index (κ1) is 18.8. The molecule has 0 radical (unpaired) electrons. The lowest BCUT2D eigenvalue weighted by atomic mass is 10.2. The van der Waals surface area contributed by atoms with Crippen LogP contribution in [0.5, 0.6) is 11.5 Å². The Morgan fingerprint density at radius 1 is 0.920 bits per heavy atom. The predicted molar refractivity (Wildman–Crippen MR) is 97.5 cm³/mol.